The first-order chi connectivity index (χ1) is 9.01. The molecule has 0 saturated carbocycles. The summed E-state index contributed by atoms with van der Waals surface area (Å²) in [5.41, 5.74) is 6.46. The molecule has 1 heterocycles. The van der Waals surface area contributed by atoms with Crippen molar-refractivity contribution in [3.63, 3.8) is 0 Å². The van der Waals surface area contributed by atoms with Gasteiger partial charge in [0.1, 0.15) is 0 Å². The number of thiophene rings is 1. The van der Waals surface area contributed by atoms with E-state index in [1.807, 2.05) is 6.07 Å². The fraction of sp³-hybridized carbons (Fsp3) is 0.214. The largest absolute Gasteiger partial charge is 0.396 e. The summed E-state index contributed by atoms with van der Waals surface area (Å²) in [6, 6.07) is 7.18. The van der Waals surface area contributed by atoms with E-state index in [4.69, 9.17) is 28.9 Å². The van der Waals surface area contributed by atoms with Crippen LogP contribution < -0.4 is 5.73 Å². The van der Waals surface area contributed by atoms with Crippen molar-refractivity contribution in [1.82, 2.24) is 0 Å². The molecule has 1 aromatic carbocycles. The fourth-order valence-corrected chi connectivity index (χ4v) is 3.16. The van der Waals surface area contributed by atoms with Crippen molar-refractivity contribution in [2.75, 3.05) is 5.73 Å². The van der Waals surface area contributed by atoms with E-state index in [1.54, 1.807) is 23.5 Å². The molecule has 0 bridgehead atoms. The summed E-state index contributed by atoms with van der Waals surface area (Å²) < 4.78 is 0. The Morgan fingerprint density at radius 1 is 1.21 bits per heavy atom. The molecule has 2 nitrogen and oxygen atoms in total. The Labute approximate surface area is 126 Å². The van der Waals surface area contributed by atoms with Crippen molar-refractivity contribution in [3.8, 4) is 0 Å². The second kappa shape index (κ2) is 5.95. The topological polar surface area (TPSA) is 43.1 Å². The Kier molecular flexibility index (Phi) is 4.50. The van der Waals surface area contributed by atoms with Crippen LogP contribution in [0.3, 0.4) is 0 Å². The first-order valence-electron chi connectivity index (χ1n) is 5.86. The lowest BCUT2D eigenvalue weighted by molar-refractivity contribution is 0.0994. The van der Waals surface area contributed by atoms with Crippen molar-refractivity contribution in [2.24, 2.45) is 0 Å². The molecule has 5 heteroatoms. The number of nitrogens with two attached hydrogens (primary N) is 1. The standard InChI is InChI=1S/C14H13Cl2NOS/c1-2-9-3-4-10(19-9)7-13(18)8-5-11(15)14(17)12(16)6-8/h3-6H,2,7,17H2,1H3. The minimum absolute atomic E-state index is 0.00620. The summed E-state index contributed by atoms with van der Waals surface area (Å²) in [6.07, 6.45) is 1.35. The molecule has 0 fully saturated rings. The maximum Gasteiger partial charge on any atom is 0.168 e. The molecule has 2 N–H and O–H groups in total. The van der Waals surface area contributed by atoms with Gasteiger partial charge in [0, 0.05) is 21.7 Å². The highest BCUT2D eigenvalue weighted by atomic mass is 35.5. The summed E-state index contributed by atoms with van der Waals surface area (Å²) in [7, 11) is 0. The third kappa shape index (κ3) is 3.30. The number of benzene rings is 1. The van der Waals surface area contributed by atoms with Gasteiger partial charge < -0.3 is 5.73 Å². The number of carbonyl (C=O) groups is 1. The first-order valence-corrected chi connectivity index (χ1v) is 7.43. The van der Waals surface area contributed by atoms with Crippen LogP contribution >= 0.6 is 34.5 Å². The number of aryl methyl sites for hydroxylation is 1. The van der Waals surface area contributed by atoms with Crippen LogP contribution in [0.15, 0.2) is 24.3 Å². The third-order valence-electron chi connectivity index (χ3n) is 2.80. The van der Waals surface area contributed by atoms with Crippen LogP contribution in [0, 0.1) is 0 Å². The zero-order chi connectivity index (χ0) is 14.0. The van der Waals surface area contributed by atoms with Gasteiger partial charge in [0.05, 0.1) is 15.7 Å². The molecule has 0 atom stereocenters. The van der Waals surface area contributed by atoms with Crippen molar-refractivity contribution in [1.29, 1.82) is 0 Å². The SMILES string of the molecule is CCc1ccc(CC(=O)c2cc(Cl)c(N)c(Cl)c2)s1. The van der Waals surface area contributed by atoms with Gasteiger partial charge in [-0.1, -0.05) is 30.1 Å². The van der Waals surface area contributed by atoms with Crippen LogP contribution in [0.25, 0.3) is 0 Å². The van der Waals surface area contributed by atoms with Gasteiger partial charge in [-0.2, -0.15) is 0 Å². The summed E-state index contributed by atoms with van der Waals surface area (Å²) in [5, 5.41) is 0.632. The van der Waals surface area contributed by atoms with E-state index >= 15 is 0 Å². The Morgan fingerprint density at radius 2 is 1.79 bits per heavy atom. The monoisotopic (exact) mass is 313 g/mol. The van der Waals surface area contributed by atoms with E-state index in [9.17, 15) is 4.79 Å². The molecule has 2 aromatic rings. The van der Waals surface area contributed by atoms with E-state index in [-0.39, 0.29) is 5.78 Å². The normalized spacial score (nSPS) is 10.7. The molecule has 100 valence electrons. The predicted molar refractivity (Wildman–Crippen MR) is 82.6 cm³/mol. The number of carbonyl (C=O) groups excluding carboxylic acids is 1. The summed E-state index contributed by atoms with van der Waals surface area (Å²) in [5.74, 6) is -0.00620. The molecular weight excluding hydrogens is 301 g/mol. The molecule has 0 radical (unpaired) electrons. The quantitative estimate of drug-likeness (QED) is 0.661. The second-order valence-electron chi connectivity index (χ2n) is 4.18. The molecule has 0 aliphatic carbocycles. The zero-order valence-corrected chi connectivity index (χ0v) is 12.7. The Bertz CT molecular complexity index is 599. The lowest BCUT2D eigenvalue weighted by Gasteiger charge is -2.05. The number of rotatable bonds is 4. The van der Waals surface area contributed by atoms with Crippen LogP contribution in [0.2, 0.25) is 10.0 Å². The van der Waals surface area contributed by atoms with Gasteiger partial charge in [0.2, 0.25) is 0 Å². The number of hydrogen-bond donors (Lipinski definition) is 1. The van der Waals surface area contributed by atoms with E-state index in [2.05, 4.69) is 13.0 Å². The van der Waals surface area contributed by atoms with Gasteiger partial charge >= 0.3 is 0 Å². The highest BCUT2D eigenvalue weighted by Crippen LogP contribution is 2.29. The van der Waals surface area contributed by atoms with Crippen LogP contribution in [-0.4, -0.2) is 5.78 Å². The Morgan fingerprint density at radius 3 is 2.32 bits per heavy atom. The Hall–Kier alpha value is -1.03. The molecule has 0 spiro atoms. The highest BCUT2D eigenvalue weighted by Gasteiger charge is 2.13. The van der Waals surface area contributed by atoms with E-state index in [1.165, 1.54) is 4.88 Å². The van der Waals surface area contributed by atoms with Gasteiger partial charge in [0.25, 0.3) is 0 Å². The lowest BCUT2D eigenvalue weighted by Crippen LogP contribution is -2.03. The molecule has 0 unspecified atom stereocenters. The fourth-order valence-electron chi connectivity index (χ4n) is 1.71. The van der Waals surface area contributed by atoms with Gasteiger partial charge in [-0.25, -0.2) is 0 Å². The highest BCUT2D eigenvalue weighted by molar-refractivity contribution is 7.12. The number of ketones is 1. The number of hydrogen-bond acceptors (Lipinski definition) is 3. The second-order valence-corrected chi connectivity index (χ2v) is 6.24. The van der Waals surface area contributed by atoms with Gasteiger partial charge in [-0.15, -0.1) is 11.3 Å². The van der Waals surface area contributed by atoms with Crippen molar-refractivity contribution in [2.45, 2.75) is 19.8 Å². The van der Waals surface area contributed by atoms with Gasteiger partial charge in [-0.05, 0) is 30.7 Å². The van der Waals surface area contributed by atoms with E-state index in [0.717, 1.165) is 11.3 Å². The summed E-state index contributed by atoms with van der Waals surface area (Å²) in [6.45, 7) is 2.09. The first kappa shape index (κ1) is 14.4. The molecule has 2 rings (SSSR count). The van der Waals surface area contributed by atoms with Gasteiger partial charge in [0.15, 0.2) is 5.78 Å². The number of anilines is 1. The number of halogens is 2. The molecular formula is C14H13Cl2NOS. The molecule has 0 amide bonds. The number of Topliss-reactive ketones (excluding diaryl/α,β-unsaturated/α-hetero) is 1. The average molecular weight is 314 g/mol. The van der Waals surface area contributed by atoms with Crippen molar-refractivity contribution >= 4 is 46.0 Å². The minimum Gasteiger partial charge on any atom is -0.396 e. The van der Waals surface area contributed by atoms with E-state index in [0.29, 0.717) is 27.7 Å². The average Bonchev–Trinajstić information content (AvgIpc) is 2.83. The molecule has 0 aliphatic rings. The number of nitrogen functional groups attached to an aromatic ring is 1. The van der Waals surface area contributed by atoms with Crippen molar-refractivity contribution < 1.29 is 4.79 Å². The lowest BCUT2D eigenvalue weighted by atomic mass is 10.1. The molecule has 1 aromatic heterocycles. The Balaban J connectivity index is 2.20. The smallest absolute Gasteiger partial charge is 0.168 e. The summed E-state index contributed by atoms with van der Waals surface area (Å²) >= 11 is 13.5. The summed E-state index contributed by atoms with van der Waals surface area (Å²) in [4.78, 5) is 14.5. The van der Waals surface area contributed by atoms with Crippen molar-refractivity contribution in [3.05, 3.63) is 49.6 Å². The minimum atomic E-state index is -0.00620. The predicted octanol–water partition coefficient (Wildman–Crippen LogP) is 4.62. The third-order valence-corrected chi connectivity index (χ3v) is 4.66. The molecule has 0 saturated heterocycles. The van der Waals surface area contributed by atoms with Gasteiger partial charge in [-0.3, -0.25) is 4.79 Å². The van der Waals surface area contributed by atoms with Crippen LogP contribution in [0.4, 0.5) is 5.69 Å². The maximum atomic E-state index is 12.2. The van der Waals surface area contributed by atoms with E-state index < -0.39 is 0 Å². The molecule has 0 aliphatic heterocycles. The van der Waals surface area contributed by atoms with Crippen LogP contribution in [0.1, 0.15) is 27.0 Å². The van der Waals surface area contributed by atoms with Crippen LogP contribution in [-0.2, 0) is 12.8 Å². The molecule has 19 heavy (non-hydrogen) atoms. The zero-order valence-electron chi connectivity index (χ0n) is 10.4. The maximum absolute atomic E-state index is 12.2. The van der Waals surface area contributed by atoms with Crippen LogP contribution in [0.5, 0.6) is 0 Å².